The maximum absolute atomic E-state index is 11.7. The minimum absolute atomic E-state index is 0.129. The lowest BCUT2D eigenvalue weighted by atomic mass is 10.2. The Kier molecular flexibility index (Phi) is 7.70. The molecule has 1 fully saturated rings. The highest BCUT2D eigenvalue weighted by atomic mass is 32.2. The molecule has 0 amide bonds. The van der Waals surface area contributed by atoms with Crippen molar-refractivity contribution in [1.82, 2.24) is 5.32 Å². The van der Waals surface area contributed by atoms with Gasteiger partial charge < -0.3 is 14.8 Å². The number of likely N-dealkylation sites (N-methyl/N-ethyl adjacent to an activating group) is 1. The first-order valence-electron chi connectivity index (χ1n) is 6.82. The summed E-state index contributed by atoms with van der Waals surface area (Å²) in [5.41, 5.74) is 0. The average molecular weight is 275 g/mol. The van der Waals surface area contributed by atoms with E-state index in [9.17, 15) is 4.79 Å². The number of carbonyl (C=O) groups is 1. The highest BCUT2D eigenvalue weighted by Gasteiger charge is 2.25. The van der Waals surface area contributed by atoms with E-state index in [4.69, 9.17) is 9.47 Å². The van der Waals surface area contributed by atoms with Gasteiger partial charge in [0.15, 0.2) is 0 Å². The molecule has 1 N–H and O–H groups in total. The van der Waals surface area contributed by atoms with Gasteiger partial charge in [0.2, 0.25) is 0 Å². The van der Waals surface area contributed by atoms with Gasteiger partial charge in [0.1, 0.15) is 6.04 Å². The van der Waals surface area contributed by atoms with Crippen molar-refractivity contribution in [3.05, 3.63) is 0 Å². The maximum Gasteiger partial charge on any atom is 0.323 e. The molecule has 0 aromatic rings. The van der Waals surface area contributed by atoms with Gasteiger partial charge in [-0.15, -0.1) is 0 Å². The van der Waals surface area contributed by atoms with Crippen molar-refractivity contribution in [3.8, 4) is 0 Å². The van der Waals surface area contributed by atoms with Crippen molar-refractivity contribution < 1.29 is 14.3 Å². The molecule has 1 aliphatic rings. The number of rotatable bonds is 8. The van der Waals surface area contributed by atoms with Crippen LogP contribution in [0.15, 0.2) is 0 Å². The van der Waals surface area contributed by atoms with Gasteiger partial charge in [-0.3, -0.25) is 4.79 Å². The minimum atomic E-state index is -0.167. The number of ether oxygens (including phenoxy) is 2. The second-order valence-corrected chi connectivity index (χ2v) is 5.77. The molecular formula is C13H25NO3S. The topological polar surface area (TPSA) is 47.6 Å². The van der Waals surface area contributed by atoms with Crippen molar-refractivity contribution in [1.29, 1.82) is 0 Å². The van der Waals surface area contributed by atoms with E-state index in [1.54, 1.807) is 0 Å². The predicted molar refractivity (Wildman–Crippen MR) is 75.0 cm³/mol. The Morgan fingerprint density at radius 3 is 2.89 bits per heavy atom. The largest absolute Gasteiger partial charge is 0.465 e. The normalized spacial score (nSPS) is 25.1. The van der Waals surface area contributed by atoms with Gasteiger partial charge in [0, 0.05) is 11.9 Å². The Morgan fingerprint density at radius 2 is 2.33 bits per heavy atom. The Labute approximate surface area is 114 Å². The summed E-state index contributed by atoms with van der Waals surface area (Å²) in [6, 6.07) is -0.167. The summed E-state index contributed by atoms with van der Waals surface area (Å²) in [4.78, 5) is 11.7. The molecule has 0 aromatic heterocycles. The fraction of sp³-hybridized carbons (Fsp3) is 0.923. The van der Waals surface area contributed by atoms with Gasteiger partial charge >= 0.3 is 5.97 Å². The summed E-state index contributed by atoms with van der Waals surface area (Å²) in [6.45, 7) is 8.07. The summed E-state index contributed by atoms with van der Waals surface area (Å²) in [5, 5.41) is 3.76. The fourth-order valence-electron chi connectivity index (χ4n) is 2.06. The second kappa shape index (κ2) is 8.77. The number of nitrogens with one attached hydrogen (secondary N) is 1. The Bertz CT molecular complexity index is 250. The molecule has 1 rings (SSSR count). The number of hydrogen-bond donors (Lipinski definition) is 1. The van der Waals surface area contributed by atoms with Crippen molar-refractivity contribution in [2.45, 2.75) is 51.0 Å². The van der Waals surface area contributed by atoms with Gasteiger partial charge in [0.05, 0.1) is 12.7 Å². The molecule has 4 nitrogen and oxygen atoms in total. The van der Waals surface area contributed by atoms with Crippen molar-refractivity contribution in [2.24, 2.45) is 0 Å². The van der Waals surface area contributed by atoms with E-state index in [0.717, 1.165) is 31.7 Å². The smallest absolute Gasteiger partial charge is 0.323 e. The lowest BCUT2D eigenvalue weighted by molar-refractivity contribution is -0.145. The SMILES string of the molecule is CCNC(CCSC1CCOC1C)C(=O)OCC. The molecule has 0 spiro atoms. The molecule has 0 bridgehead atoms. The van der Waals surface area contributed by atoms with Gasteiger partial charge in [0.25, 0.3) is 0 Å². The first-order chi connectivity index (χ1) is 8.69. The van der Waals surface area contributed by atoms with Crippen LogP contribution >= 0.6 is 11.8 Å². The van der Waals surface area contributed by atoms with Crippen LogP contribution in [-0.4, -0.2) is 48.9 Å². The molecular weight excluding hydrogens is 250 g/mol. The quantitative estimate of drug-likeness (QED) is 0.685. The molecule has 1 heterocycles. The standard InChI is InChI=1S/C13H25NO3S/c1-4-14-11(13(15)16-5-2)7-9-18-12-6-8-17-10(12)3/h10-12,14H,4-9H2,1-3H3. The molecule has 0 aromatic carbocycles. The Balaban J connectivity index is 2.26. The van der Waals surface area contributed by atoms with Crippen LogP contribution in [0.1, 0.15) is 33.6 Å². The first kappa shape index (κ1) is 15.8. The molecule has 3 atom stereocenters. The lowest BCUT2D eigenvalue weighted by Crippen LogP contribution is -2.38. The predicted octanol–water partition coefficient (Wildman–Crippen LogP) is 1.83. The van der Waals surface area contributed by atoms with E-state index in [-0.39, 0.29) is 12.0 Å². The average Bonchev–Trinajstić information content (AvgIpc) is 2.74. The van der Waals surface area contributed by atoms with Gasteiger partial charge in [-0.1, -0.05) is 6.92 Å². The van der Waals surface area contributed by atoms with Gasteiger partial charge in [-0.25, -0.2) is 0 Å². The van der Waals surface area contributed by atoms with Crippen molar-refractivity contribution in [2.75, 3.05) is 25.5 Å². The highest BCUT2D eigenvalue weighted by Crippen LogP contribution is 2.26. The molecule has 106 valence electrons. The van der Waals surface area contributed by atoms with Crippen LogP contribution in [0.3, 0.4) is 0 Å². The molecule has 1 saturated heterocycles. The van der Waals surface area contributed by atoms with E-state index in [1.807, 2.05) is 25.6 Å². The van der Waals surface area contributed by atoms with Gasteiger partial charge in [-0.05, 0) is 39.0 Å². The molecule has 1 aliphatic heterocycles. The number of carbonyl (C=O) groups excluding carboxylic acids is 1. The third-order valence-corrected chi connectivity index (χ3v) is 4.59. The summed E-state index contributed by atoms with van der Waals surface area (Å²) < 4.78 is 10.6. The lowest BCUT2D eigenvalue weighted by Gasteiger charge is -2.18. The molecule has 0 radical (unpaired) electrons. The Morgan fingerprint density at radius 1 is 1.56 bits per heavy atom. The zero-order valence-electron chi connectivity index (χ0n) is 11.6. The third kappa shape index (κ3) is 5.16. The van der Waals surface area contributed by atoms with E-state index in [2.05, 4.69) is 12.2 Å². The molecule has 0 aliphatic carbocycles. The maximum atomic E-state index is 11.7. The number of thioether (sulfide) groups is 1. The molecule has 3 unspecified atom stereocenters. The fourth-order valence-corrected chi connectivity index (χ4v) is 3.35. The Hall–Kier alpha value is -0.260. The van der Waals surface area contributed by atoms with E-state index in [1.165, 1.54) is 0 Å². The summed E-state index contributed by atoms with van der Waals surface area (Å²) in [7, 11) is 0. The zero-order valence-corrected chi connectivity index (χ0v) is 12.4. The van der Waals surface area contributed by atoms with Crippen LogP contribution in [0.25, 0.3) is 0 Å². The summed E-state index contributed by atoms with van der Waals surface area (Å²) in [5.74, 6) is 0.838. The molecule has 18 heavy (non-hydrogen) atoms. The van der Waals surface area contributed by atoms with E-state index >= 15 is 0 Å². The van der Waals surface area contributed by atoms with Crippen LogP contribution in [0.4, 0.5) is 0 Å². The molecule has 0 saturated carbocycles. The second-order valence-electron chi connectivity index (χ2n) is 4.42. The summed E-state index contributed by atoms with van der Waals surface area (Å²) >= 11 is 1.91. The van der Waals surface area contributed by atoms with Crippen LogP contribution in [0.2, 0.25) is 0 Å². The number of esters is 1. The summed E-state index contributed by atoms with van der Waals surface area (Å²) in [6.07, 6.45) is 2.28. The third-order valence-electron chi connectivity index (χ3n) is 3.07. The van der Waals surface area contributed by atoms with Crippen molar-refractivity contribution >= 4 is 17.7 Å². The van der Waals surface area contributed by atoms with Crippen LogP contribution in [0, 0.1) is 0 Å². The minimum Gasteiger partial charge on any atom is -0.465 e. The van der Waals surface area contributed by atoms with Gasteiger partial charge in [-0.2, -0.15) is 11.8 Å². The van der Waals surface area contributed by atoms with Crippen molar-refractivity contribution in [3.63, 3.8) is 0 Å². The van der Waals surface area contributed by atoms with E-state index < -0.39 is 0 Å². The highest BCUT2D eigenvalue weighted by molar-refractivity contribution is 7.99. The van der Waals surface area contributed by atoms with Crippen LogP contribution in [-0.2, 0) is 14.3 Å². The monoisotopic (exact) mass is 275 g/mol. The zero-order chi connectivity index (χ0) is 13.4. The first-order valence-corrected chi connectivity index (χ1v) is 7.87. The number of hydrogen-bond acceptors (Lipinski definition) is 5. The van der Waals surface area contributed by atoms with Crippen LogP contribution in [0.5, 0.6) is 0 Å². The van der Waals surface area contributed by atoms with Crippen LogP contribution < -0.4 is 5.32 Å². The van der Waals surface area contributed by atoms with E-state index in [0.29, 0.717) is 18.0 Å². The molecule has 5 heteroatoms.